The van der Waals surface area contributed by atoms with E-state index >= 15 is 0 Å². The largest absolute Gasteiger partial charge is 0.390 e. The molecule has 2 aromatic rings. The van der Waals surface area contributed by atoms with Crippen LogP contribution in [-0.4, -0.2) is 57.5 Å². The number of rotatable bonds is 6. The number of nitrogens with zero attached hydrogens (tertiary/aromatic N) is 3. The predicted octanol–water partition coefficient (Wildman–Crippen LogP) is 1.51. The standard InChI is InChI=1S/C17H20FN3O3S/c18-15-4-2-1-3-13(15)10-21-14(11-22)9-19-17(21)25-12-16(23)20-5-7-24-8-6-20/h1-4,9,22H,5-8,10-12H2. The average molecular weight is 365 g/mol. The second-order valence-electron chi connectivity index (χ2n) is 5.65. The Bertz CT molecular complexity index is 732. The Hall–Kier alpha value is -1.90. The zero-order valence-corrected chi connectivity index (χ0v) is 14.5. The molecule has 1 aromatic heterocycles. The molecule has 2 heterocycles. The normalized spacial score (nSPS) is 14.7. The van der Waals surface area contributed by atoms with Crippen molar-refractivity contribution in [3.8, 4) is 0 Å². The Kier molecular flexibility index (Phi) is 6.06. The third-order valence-corrected chi connectivity index (χ3v) is 5.01. The molecule has 8 heteroatoms. The van der Waals surface area contributed by atoms with Crippen molar-refractivity contribution in [2.75, 3.05) is 32.1 Å². The van der Waals surface area contributed by atoms with Gasteiger partial charge >= 0.3 is 0 Å². The highest BCUT2D eigenvalue weighted by Gasteiger charge is 2.19. The van der Waals surface area contributed by atoms with Crippen LogP contribution in [0.2, 0.25) is 0 Å². The van der Waals surface area contributed by atoms with Crippen molar-refractivity contribution in [2.45, 2.75) is 18.3 Å². The van der Waals surface area contributed by atoms with Crippen LogP contribution in [0, 0.1) is 5.82 Å². The first-order valence-electron chi connectivity index (χ1n) is 8.06. The Labute approximate surface area is 149 Å². The van der Waals surface area contributed by atoms with Gasteiger partial charge < -0.3 is 19.3 Å². The fourth-order valence-electron chi connectivity index (χ4n) is 2.63. The van der Waals surface area contributed by atoms with Crippen LogP contribution in [0.4, 0.5) is 4.39 Å². The molecule has 0 saturated carbocycles. The van der Waals surface area contributed by atoms with Crippen LogP contribution in [0.5, 0.6) is 0 Å². The van der Waals surface area contributed by atoms with Crippen molar-refractivity contribution in [1.82, 2.24) is 14.5 Å². The minimum absolute atomic E-state index is 0.0271. The molecular formula is C17H20FN3O3S. The highest BCUT2D eigenvalue weighted by molar-refractivity contribution is 7.99. The summed E-state index contributed by atoms with van der Waals surface area (Å²) in [6, 6.07) is 6.50. The van der Waals surface area contributed by atoms with Gasteiger partial charge in [0.25, 0.3) is 0 Å². The van der Waals surface area contributed by atoms with E-state index in [1.165, 1.54) is 17.8 Å². The number of hydrogen-bond donors (Lipinski definition) is 1. The van der Waals surface area contributed by atoms with Crippen LogP contribution < -0.4 is 0 Å². The van der Waals surface area contributed by atoms with Crippen molar-refractivity contribution < 1.29 is 19.0 Å². The van der Waals surface area contributed by atoms with E-state index in [1.807, 2.05) is 0 Å². The lowest BCUT2D eigenvalue weighted by Gasteiger charge is -2.26. The van der Waals surface area contributed by atoms with Gasteiger partial charge in [0.2, 0.25) is 5.91 Å². The first-order valence-corrected chi connectivity index (χ1v) is 9.04. The molecule has 0 bridgehead atoms. The lowest BCUT2D eigenvalue weighted by molar-refractivity contribution is -0.132. The van der Waals surface area contributed by atoms with E-state index in [0.717, 1.165) is 0 Å². The van der Waals surface area contributed by atoms with Gasteiger partial charge in [-0.3, -0.25) is 4.79 Å². The summed E-state index contributed by atoms with van der Waals surface area (Å²) in [4.78, 5) is 18.3. The molecular weight excluding hydrogens is 345 g/mol. The minimum atomic E-state index is -0.305. The van der Waals surface area contributed by atoms with E-state index in [9.17, 15) is 14.3 Å². The van der Waals surface area contributed by atoms with Crippen molar-refractivity contribution in [3.05, 3.63) is 47.5 Å². The number of aliphatic hydroxyl groups excluding tert-OH is 1. The van der Waals surface area contributed by atoms with Crippen molar-refractivity contribution in [1.29, 1.82) is 0 Å². The van der Waals surface area contributed by atoms with Gasteiger partial charge in [-0.25, -0.2) is 9.37 Å². The molecule has 0 atom stereocenters. The van der Waals surface area contributed by atoms with Crippen molar-refractivity contribution in [2.24, 2.45) is 0 Å². The summed E-state index contributed by atoms with van der Waals surface area (Å²) in [6.07, 6.45) is 1.56. The van der Waals surface area contributed by atoms with E-state index < -0.39 is 0 Å². The van der Waals surface area contributed by atoms with Crippen LogP contribution >= 0.6 is 11.8 Å². The zero-order valence-electron chi connectivity index (χ0n) is 13.7. The number of morpholine rings is 1. The Balaban J connectivity index is 1.70. The van der Waals surface area contributed by atoms with Crippen molar-refractivity contribution in [3.63, 3.8) is 0 Å². The molecule has 25 heavy (non-hydrogen) atoms. The summed E-state index contributed by atoms with van der Waals surface area (Å²) in [5.74, 6) is -0.0289. The number of imidazole rings is 1. The van der Waals surface area contributed by atoms with E-state index in [4.69, 9.17) is 4.74 Å². The zero-order chi connectivity index (χ0) is 17.6. The number of carbonyl (C=O) groups excluding carboxylic acids is 1. The SMILES string of the molecule is O=C(CSc1ncc(CO)n1Cc1ccccc1F)N1CCOCC1. The van der Waals surface area contributed by atoms with E-state index in [0.29, 0.717) is 42.7 Å². The monoisotopic (exact) mass is 365 g/mol. The van der Waals surface area contributed by atoms with Crippen LogP contribution in [0.25, 0.3) is 0 Å². The van der Waals surface area contributed by atoms with Crippen LogP contribution in [0.3, 0.4) is 0 Å². The molecule has 1 aliphatic rings. The van der Waals surface area contributed by atoms with Gasteiger partial charge in [0.1, 0.15) is 5.82 Å². The summed E-state index contributed by atoms with van der Waals surface area (Å²) in [5.41, 5.74) is 1.10. The van der Waals surface area contributed by atoms with E-state index in [1.54, 1.807) is 33.9 Å². The molecule has 6 nitrogen and oxygen atoms in total. The Morgan fingerprint density at radius 1 is 1.32 bits per heavy atom. The highest BCUT2D eigenvalue weighted by Crippen LogP contribution is 2.22. The lowest BCUT2D eigenvalue weighted by atomic mass is 10.2. The molecule has 1 aliphatic heterocycles. The van der Waals surface area contributed by atoms with Gasteiger partial charge in [-0.2, -0.15) is 0 Å². The van der Waals surface area contributed by atoms with E-state index in [2.05, 4.69) is 4.98 Å². The molecule has 3 rings (SSSR count). The molecule has 1 N–H and O–H groups in total. The molecule has 134 valence electrons. The third-order valence-electron chi connectivity index (χ3n) is 4.04. The topological polar surface area (TPSA) is 67.6 Å². The number of thioether (sulfide) groups is 1. The number of ether oxygens (including phenoxy) is 1. The second kappa shape index (κ2) is 8.46. The molecule has 1 amide bonds. The fourth-order valence-corrected chi connectivity index (χ4v) is 3.53. The second-order valence-corrected chi connectivity index (χ2v) is 6.59. The number of hydrogen-bond acceptors (Lipinski definition) is 5. The fraction of sp³-hybridized carbons (Fsp3) is 0.412. The minimum Gasteiger partial charge on any atom is -0.390 e. The summed E-state index contributed by atoms with van der Waals surface area (Å²) in [6.45, 7) is 2.39. The maximum absolute atomic E-state index is 13.9. The maximum atomic E-state index is 13.9. The number of carbonyl (C=O) groups is 1. The van der Waals surface area contributed by atoms with Crippen LogP contribution in [-0.2, 0) is 22.7 Å². The first kappa shape index (κ1) is 17.9. The quantitative estimate of drug-likeness (QED) is 0.786. The average Bonchev–Trinajstić information content (AvgIpc) is 3.04. The molecule has 1 fully saturated rings. The van der Waals surface area contributed by atoms with Gasteiger partial charge in [0.05, 0.1) is 44.0 Å². The smallest absolute Gasteiger partial charge is 0.233 e. The summed E-state index contributed by atoms with van der Waals surface area (Å²) < 4.78 is 20.9. The first-order chi connectivity index (χ1) is 12.2. The Morgan fingerprint density at radius 3 is 2.80 bits per heavy atom. The molecule has 1 saturated heterocycles. The van der Waals surface area contributed by atoms with Crippen molar-refractivity contribution >= 4 is 17.7 Å². The van der Waals surface area contributed by atoms with Gasteiger partial charge in [-0.05, 0) is 6.07 Å². The predicted molar refractivity (Wildman–Crippen MR) is 91.8 cm³/mol. The van der Waals surface area contributed by atoms with Gasteiger partial charge in [-0.1, -0.05) is 30.0 Å². The number of benzene rings is 1. The van der Waals surface area contributed by atoms with Gasteiger partial charge in [-0.15, -0.1) is 0 Å². The highest BCUT2D eigenvalue weighted by atomic mass is 32.2. The molecule has 0 radical (unpaired) electrons. The number of amides is 1. The molecule has 1 aromatic carbocycles. The van der Waals surface area contributed by atoms with Gasteiger partial charge in [0, 0.05) is 18.7 Å². The summed E-state index contributed by atoms with van der Waals surface area (Å²) >= 11 is 1.30. The van der Waals surface area contributed by atoms with Gasteiger partial charge in [0.15, 0.2) is 5.16 Å². The lowest BCUT2D eigenvalue weighted by Crippen LogP contribution is -2.41. The maximum Gasteiger partial charge on any atom is 0.233 e. The van der Waals surface area contributed by atoms with Crippen LogP contribution in [0.15, 0.2) is 35.6 Å². The number of aliphatic hydroxyl groups is 1. The number of halogens is 1. The third kappa shape index (κ3) is 4.39. The molecule has 0 aliphatic carbocycles. The van der Waals surface area contributed by atoms with E-state index in [-0.39, 0.29) is 30.6 Å². The Morgan fingerprint density at radius 2 is 2.08 bits per heavy atom. The van der Waals surface area contributed by atoms with Crippen LogP contribution in [0.1, 0.15) is 11.3 Å². The summed E-state index contributed by atoms with van der Waals surface area (Å²) in [7, 11) is 0. The number of aromatic nitrogens is 2. The summed E-state index contributed by atoms with van der Waals surface area (Å²) in [5, 5.41) is 10.1. The molecule has 0 spiro atoms. The molecule has 0 unspecified atom stereocenters.